The normalized spacial score (nSPS) is 9.87. The summed E-state index contributed by atoms with van der Waals surface area (Å²) in [6.07, 6.45) is 3.09. The molecule has 0 fully saturated rings. The minimum absolute atomic E-state index is 0.117. The van der Waals surface area contributed by atoms with E-state index < -0.39 is 5.91 Å². The number of imidazole rings is 1. The maximum atomic E-state index is 11.5. The topological polar surface area (TPSA) is 104 Å². The van der Waals surface area contributed by atoms with Crippen molar-refractivity contribution in [1.29, 1.82) is 0 Å². The molecule has 0 aliphatic heterocycles. The summed E-state index contributed by atoms with van der Waals surface area (Å²) < 4.78 is 0. The fraction of sp³-hybridized carbons (Fsp3) is 0. The zero-order chi connectivity index (χ0) is 10.7. The molecular formula is C8H7N5O2. The summed E-state index contributed by atoms with van der Waals surface area (Å²) in [7, 11) is 0. The van der Waals surface area contributed by atoms with Gasteiger partial charge >= 0.3 is 0 Å². The van der Waals surface area contributed by atoms with Crippen molar-refractivity contribution in [3.05, 3.63) is 40.6 Å². The summed E-state index contributed by atoms with van der Waals surface area (Å²) in [4.78, 5) is 28.7. The molecule has 0 saturated heterocycles. The lowest BCUT2D eigenvalue weighted by Crippen LogP contribution is -2.18. The van der Waals surface area contributed by atoms with Crippen LogP contribution in [0.15, 0.2) is 29.3 Å². The lowest BCUT2D eigenvalue weighted by atomic mass is 10.4. The van der Waals surface area contributed by atoms with E-state index in [4.69, 9.17) is 0 Å². The van der Waals surface area contributed by atoms with Crippen molar-refractivity contribution < 1.29 is 4.79 Å². The lowest BCUT2D eigenvalue weighted by molar-refractivity contribution is 0.102. The van der Waals surface area contributed by atoms with E-state index in [0.29, 0.717) is 5.95 Å². The van der Waals surface area contributed by atoms with Crippen LogP contribution in [-0.4, -0.2) is 26.1 Å². The van der Waals surface area contributed by atoms with E-state index in [1.807, 2.05) is 0 Å². The first-order valence-electron chi connectivity index (χ1n) is 4.12. The van der Waals surface area contributed by atoms with Crippen molar-refractivity contribution in [3.8, 4) is 0 Å². The molecule has 7 heteroatoms. The number of amides is 1. The average Bonchev–Trinajstić information content (AvgIpc) is 2.71. The minimum Gasteiger partial charge on any atom is -0.331 e. The second-order valence-corrected chi connectivity index (χ2v) is 2.70. The standard InChI is InChI=1S/C8H7N5O2/c14-6-2-1-5(12-13-6)7(15)11-8-9-3-4-10-8/h1-4H,(H,13,14)(H2,9,10,11,15). The first-order chi connectivity index (χ1) is 7.25. The van der Waals surface area contributed by atoms with Gasteiger partial charge in [-0.05, 0) is 6.07 Å². The van der Waals surface area contributed by atoms with Crippen LogP contribution < -0.4 is 10.9 Å². The molecule has 0 atom stereocenters. The Labute approximate surface area is 83.6 Å². The zero-order valence-corrected chi connectivity index (χ0v) is 7.52. The first kappa shape index (κ1) is 9.13. The molecule has 2 aromatic heterocycles. The largest absolute Gasteiger partial charge is 0.331 e. The Balaban J connectivity index is 2.15. The highest BCUT2D eigenvalue weighted by molar-refractivity contribution is 6.01. The molecule has 3 N–H and O–H groups in total. The molecule has 0 saturated carbocycles. The van der Waals surface area contributed by atoms with Crippen LogP contribution in [0.4, 0.5) is 5.95 Å². The number of hydrogen-bond donors (Lipinski definition) is 3. The fourth-order valence-corrected chi connectivity index (χ4v) is 0.976. The molecule has 76 valence electrons. The van der Waals surface area contributed by atoms with E-state index in [1.54, 1.807) is 6.20 Å². The van der Waals surface area contributed by atoms with E-state index in [-0.39, 0.29) is 11.3 Å². The first-order valence-corrected chi connectivity index (χ1v) is 4.12. The molecule has 2 aromatic rings. The molecule has 7 nitrogen and oxygen atoms in total. The highest BCUT2D eigenvalue weighted by atomic mass is 16.2. The molecule has 2 heterocycles. The highest BCUT2D eigenvalue weighted by Gasteiger charge is 2.08. The monoisotopic (exact) mass is 205 g/mol. The predicted molar refractivity (Wildman–Crippen MR) is 51.4 cm³/mol. The predicted octanol–water partition coefficient (Wildman–Crippen LogP) is -0.255. The quantitative estimate of drug-likeness (QED) is 0.628. The maximum absolute atomic E-state index is 11.5. The number of rotatable bonds is 2. The minimum atomic E-state index is -0.443. The number of aromatic amines is 2. The summed E-state index contributed by atoms with van der Waals surface area (Å²) in [5, 5.41) is 8.20. The molecule has 0 radical (unpaired) electrons. The molecule has 2 rings (SSSR count). The van der Waals surface area contributed by atoms with E-state index >= 15 is 0 Å². The molecular weight excluding hydrogens is 198 g/mol. The summed E-state index contributed by atoms with van der Waals surface area (Å²) in [5.41, 5.74) is -0.240. The fourth-order valence-electron chi connectivity index (χ4n) is 0.976. The van der Waals surface area contributed by atoms with Crippen molar-refractivity contribution in [1.82, 2.24) is 20.2 Å². The second kappa shape index (κ2) is 3.74. The molecule has 0 aliphatic carbocycles. The Kier molecular flexibility index (Phi) is 2.28. The number of anilines is 1. The van der Waals surface area contributed by atoms with Crippen molar-refractivity contribution in [2.45, 2.75) is 0 Å². The van der Waals surface area contributed by atoms with Gasteiger partial charge in [0.25, 0.3) is 11.5 Å². The zero-order valence-electron chi connectivity index (χ0n) is 7.52. The van der Waals surface area contributed by atoms with Crippen LogP contribution in [0.1, 0.15) is 10.5 Å². The molecule has 15 heavy (non-hydrogen) atoms. The number of H-pyrrole nitrogens is 2. The number of aromatic nitrogens is 4. The van der Waals surface area contributed by atoms with Crippen LogP contribution in [0.3, 0.4) is 0 Å². The smallest absolute Gasteiger partial charge is 0.278 e. The van der Waals surface area contributed by atoms with E-state index in [0.717, 1.165) is 0 Å². The number of hydrogen-bond acceptors (Lipinski definition) is 4. The van der Waals surface area contributed by atoms with E-state index in [1.165, 1.54) is 18.3 Å². The van der Waals surface area contributed by atoms with Gasteiger partial charge in [-0.2, -0.15) is 5.10 Å². The molecule has 1 amide bonds. The number of nitrogens with zero attached hydrogens (tertiary/aromatic N) is 2. The third kappa shape index (κ3) is 2.08. The van der Waals surface area contributed by atoms with Gasteiger partial charge in [0.05, 0.1) is 0 Å². The Morgan fingerprint density at radius 2 is 2.27 bits per heavy atom. The highest BCUT2D eigenvalue weighted by Crippen LogP contribution is 1.98. The van der Waals surface area contributed by atoms with Crippen molar-refractivity contribution >= 4 is 11.9 Å². The maximum Gasteiger partial charge on any atom is 0.278 e. The van der Waals surface area contributed by atoms with Gasteiger partial charge in [0.1, 0.15) is 5.69 Å². The molecule has 0 aliphatic rings. The molecule has 0 unspecified atom stereocenters. The van der Waals surface area contributed by atoms with Gasteiger partial charge in [-0.3, -0.25) is 14.9 Å². The lowest BCUT2D eigenvalue weighted by Gasteiger charge is -1.99. The van der Waals surface area contributed by atoms with E-state index in [2.05, 4.69) is 25.5 Å². The number of nitrogens with one attached hydrogen (secondary N) is 3. The SMILES string of the molecule is O=C(Nc1ncc[nH]1)c1ccc(=O)[nH]n1. The van der Waals surface area contributed by atoms with Gasteiger partial charge in [-0.25, -0.2) is 10.1 Å². The molecule has 0 aromatic carbocycles. The Morgan fingerprint density at radius 1 is 1.40 bits per heavy atom. The second-order valence-electron chi connectivity index (χ2n) is 2.70. The third-order valence-electron chi connectivity index (χ3n) is 1.64. The van der Waals surface area contributed by atoms with Gasteiger partial charge in [0, 0.05) is 18.5 Å². The van der Waals surface area contributed by atoms with Crippen molar-refractivity contribution in [2.24, 2.45) is 0 Å². The molecule has 0 spiro atoms. The van der Waals surface area contributed by atoms with Crippen LogP contribution in [0.5, 0.6) is 0 Å². The third-order valence-corrected chi connectivity index (χ3v) is 1.64. The van der Waals surface area contributed by atoms with Crippen molar-refractivity contribution in [3.63, 3.8) is 0 Å². The summed E-state index contributed by atoms with van der Waals surface area (Å²) in [6.45, 7) is 0. The summed E-state index contributed by atoms with van der Waals surface area (Å²) >= 11 is 0. The van der Waals surface area contributed by atoms with Crippen molar-refractivity contribution in [2.75, 3.05) is 5.32 Å². The van der Waals surface area contributed by atoms with E-state index in [9.17, 15) is 9.59 Å². The van der Waals surface area contributed by atoms with Crippen LogP contribution in [0.25, 0.3) is 0 Å². The van der Waals surface area contributed by atoms with Crippen LogP contribution in [0.2, 0.25) is 0 Å². The number of carbonyl (C=O) groups excluding carboxylic acids is 1. The van der Waals surface area contributed by atoms with Crippen LogP contribution in [-0.2, 0) is 0 Å². The Bertz CT molecular complexity index is 496. The van der Waals surface area contributed by atoms with Gasteiger partial charge < -0.3 is 4.98 Å². The Morgan fingerprint density at radius 3 is 2.87 bits per heavy atom. The van der Waals surface area contributed by atoms with Crippen LogP contribution >= 0.6 is 0 Å². The van der Waals surface area contributed by atoms with Crippen LogP contribution in [0, 0.1) is 0 Å². The molecule has 0 bridgehead atoms. The number of carbonyl (C=O) groups is 1. The average molecular weight is 205 g/mol. The van der Waals surface area contributed by atoms with Gasteiger partial charge in [0.2, 0.25) is 5.95 Å². The summed E-state index contributed by atoms with van der Waals surface area (Å²) in [5.74, 6) is -0.116. The van der Waals surface area contributed by atoms with Gasteiger partial charge in [0.15, 0.2) is 0 Å². The summed E-state index contributed by atoms with van der Waals surface area (Å²) in [6, 6.07) is 2.56. The Hall–Kier alpha value is -2.44. The van der Waals surface area contributed by atoms with Gasteiger partial charge in [-0.1, -0.05) is 0 Å². The van der Waals surface area contributed by atoms with Gasteiger partial charge in [-0.15, -0.1) is 0 Å².